The summed E-state index contributed by atoms with van der Waals surface area (Å²) in [6.07, 6.45) is 2.67. The van der Waals surface area contributed by atoms with E-state index in [9.17, 15) is 0 Å². The maximum Gasteiger partial charge on any atom is 0.241 e. The van der Waals surface area contributed by atoms with E-state index in [1.165, 1.54) is 25.9 Å². The largest absolute Gasteiger partial charge is 0.338 e. The Balaban J connectivity index is 1.42. The molecule has 2 aliphatic rings. The van der Waals surface area contributed by atoms with E-state index in [2.05, 4.69) is 19.9 Å². The average molecular weight is 284 g/mol. The van der Waals surface area contributed by atoms with E-state index in [0.29, 0.717) is 5.82 Å². The van der Waals surface area contributed by atoms with Crippen molar-refractivity contribution in [3.05, 3.63) is 36.2 Å². The molecule has 0 saturated carbocycles. The highest BCUT2D eigenvalue weighted by Gasteiger charge is 2.31. The van der Waals surface area contributed by atoms with Gasteiger partial charge in [-0.2, -0.15) is 4.98 Å². The van der Waals surface area contributed by atoms with Crippen LogP contribution >= 0.6 is 0 Å². The molecule has 2 fully saturated rings. The Morgan fingerprint density at radius 2 is 2.05 bits per heavy atom. The molecule has 0 amide bonds. The van der Waals surface area contributed by atoms with Crippen molar-refractivity contribution in [2.45, 2.75) is 25.4 Å². The predicted octanol–water partition coefficient (Wildman–Crippen LogP) is 2.02. The van der Waals surface area contributed by atoms with Crippen molar-refractivity contribution in [1.29, 1.82) is 0 Å². The lowest BCUT2D eigenvalue weighted by molar-refractivity contribution is 0.0908. The fourth-order valence-electron chi connectivity index (χ4n) is 3.41. The van der Waals surface area contributed by atoms with Gasteiger partial charge in [0.25, 0.3) is 0 Å². The molecule has 1 aromatic carbocycles. The summed E-state index contributed by atoms with van der Waals surface area (Å²) < 4.78 is 5.42. The van der Waals surface area contributed by atoms with Crippen LogP contribution in [0.5, 0.6) is 0 Å². The van der Waals surface area contributed by atoms with Crippen LogP contribution in [0, 0.1) is 0 Å². The van der Waals surface area contributed by atoms with Gasteiger partial charge >= 0.3 is 0 Å². The SMILES string of the molecule is c1ccc(-c2noc(CN3CCN4CCCC4C3)n2)cc1. The van der Waals surface area contributed by atoms with Gasteiger partial charge in [-0.05, 0) is 19.4 Å². The zero-order valence-corrected chi connectivity index (χ0v) is 12.1. The monoisotopic (exact) mass is 284 g/mol. The van der Waals surface area contributed by atoms with Crippen molar-refractivity contribution in [2.24, 2.45) is 0 Å². The zero-order chi connectivity index (χ0) is 14.1. The van der Waals surface area contributed by atoms with E-state index in [-0.39, 0.29) is 0 Å². The van der Waals surface area contributed by atoms with Gasteiger partial charge < -0.3 is 4.52 Å². The molecule has 0 bridgehead atoms. The molecular formula is C16H20N4O. The Labute approximate surface area is 124 Å². The summed E-state index contributed by atoms with van der Waals surface area (Å²) >= 11 is 0. The second-order valence-corrected chi connectivity index (χ2v) is 5.94. The number of nitrogens with zero attached hydrogens (tertiary/aromatic N) is 4. The average Bonchev–Trinajstić information content (AvgIpc) is 3.17. The van der Waals surface area contributed by atoms with Gasteiger partial charge in [-0.15, -0.1) is 0 Å². The fraction of sp³-hybridized carbons (Fsp3) is 0.500. The van der Waals surface area contributed by atoms with Gasteiger partial charge in [0.2, 0.25) is 11.7 Å². The molecule has 0 N–H and O–H groups in total. The maximum atomic E-state index is 5.42. The summed E-state index contributed by atoms with van der Waals surface area (Å²) in [6.45, 7) is 5.44. The Morgan fingerprint density at radius 1 is 1.14 bits per heavy atom. The van der Waals surface area contributed by atoms with Gasteiger partial charge in [0.05, 0.1) is 6.54 Å². The summed E-state index contributed by atoms with van der Waals surface area (Å²) in [5.74, 6) is 1.41. The minimum Gasteiger partial charge on any atom is -0.338 e. The fourth-order valence-corrected chi connectivity index (χ4v) is 3.41. The molecule has 5 nitrogen and oxygen atoms in total. The lowest BCUT2D eigenvalue weighted by atomic mass is 10.1. The van der Waals surface area contributed by atoms with Gasteiger partial charge in [0.1, 0.15) is 0 Å². The third kappa shape index (κ3) is 2.71. The van der Waals surface area contributed by atoms with E-state index in [0.717, 1.165) is 37.1 Å². The molecule has 21 heavy (non-hydrogen) atoms. The number of hydrogen-bond acceptors (Lipinski definition) is 5. The number of fused-ring (bicyclic) bond motifs is 1. The van der Waals surface area contributed by atoms with E-state index in [1.54, 1.807) is 0 Å². The lowest BCUT2D eigenvalue weighted by Gasteiger charge is -2.36. The normalized spacial score (nSPS) is 23.3. The summed E-state index contributed by atoms with van der Waals surface area (Å²) in [5, 5.41) is 4.10. The van der Waals surface area contributed by atoms with E-state index >= 15 is 0 Å². The number of benzene rings is 1. The molecule has 2 aliphatic heterocycles. The van der Waals surface area contributed by atoms with Crippen LogP contribution in [0.2, 0.25) is 0 Å². The quantitative estimate of drug-likeness (QED) is 0.863. The molecule has 2 aromatic rings. The van der Waals surface area contributed by atoms with Gasteiger partial charge in [-0.3, -0.25) is 9.80 Å². The van der Waals surface area contributed by atoms with Crippen molar-refractivity contribution < 1.29 is 4.52 Å². The van der Waals surface area contributed by atoms with Crippen LogP contribution in [0.25, 0.3) is 11.4 Å². The highest BCUT2D eigenvalue weighted by molar-refractivity contribution is 5.53. The molecule has 1 atom stereocenters. The highest BCUT2D eigenvalue weighted by atomic mass is 16.5. The zero-order valence-electron chi connectivity index (χ0n) is 12.1. The van der Waals surface area contributed by atoms with Crippen molar-refractivity contribution in [3.63, 3.8) is 0 Å². The molecule has 4 rings (SSSR count). The van der Waals surface area contributed by atoms with Crippen LogP contribution in [0.4, 0.5) is 0 Å². The second kappa shape index (κ2) is 5.58. The third-order valence-corrected chi connectivity index (χ3v) is 4.53. The second-order valence-electron chi connectivity index (χ2n) is 5.94. The molecule has 5 heteroatoms. The molecular weight excluding hydrogens is 264 g/mol. The highest BCUT2D eigenvalue weighted by Crippen LogP contribution is 2.22. The minimum atomic E-state index is 0.685. The summed E-state index contributed by atoms with van der Waals surface area (Å²) in [5.41, 5.74) is 1.01. The van der Waals surface area contributed by atoms with Crippen molar-refractivity contribution >= 4 is 0 Å². The smallest absolute Gasteiger partial charge is 0.241 e. The topological polar surface area (TPSA) is 45.4 Å². The number of rotatable bonds is 3. The number of aromatic nitrogens is 2. The van der Waals surface area contributed by atoms with Crippen LogP contribution in [0.3, 0.4) is 0 Å². The van der Waals surface area contributed by atoms with E-state index in [1.807, 2.05) is 30.3 Å². The first-order chi connectivity index (χ1) is 10.4. The Hall–Kier alpha value is -1.72. The summed E-state index contributed by atoms with van der Waals surface area (Å²) in [6, 6.07) is 10.7. The number of piperazine rings is 1. The standard InChI is InChI=1S/C16H20N4O/c1-2-5-13(6-3-1)16-17-15(21-18-16)12-19-9-10-20-8-4-7-14(20)11-19/h1-3,5-6,14H,4,7-12H2. The summed E-state index contributed by atoms with van der Waals surface area (Å²) in [4.78, 5) is 9.58. The predicted molar refractivity (Wildman–Crippen MR) is 79.6 cm³/mol. The summed E-state index contributed by atoms with van der Waals surface area (Å²) in [7, 11) is 0. The van der Waals surface area contributed by atoms with Crippen molar-refractivity contribution in [1.82, 2.24) is 19.9 Å². The minimum absolute atomic E-state index is 0.685. The molecule has 0 radical (unpaired) electrons. The molecule has 0 spiro atoms. The van der Waals surface area contributed by atoms with Gasteiger partial charge in [0, 0.05) is 31.2 Å². The van der Waals surface area contributed by atoms with Crippen LogP contribution in [-0.2, 0) is 6.54 Å². The van der Waals surface area contributed by atoms with E-state index < -0.39 is 0 Å². The first-order valence-electron chi connectivity index (χ1n) is 7.73. The molecule has 1 unspecified atom stereocenters. The van der Waals surface area contributed by atoms with Crippen LogP contribution in [-0.4, -0.2) is 52.2 Å². The van der Waals surface area contributed by atoms with Gasteiger partial charge in [0.15, 0.2) is 0 Å². The maximum absolute atomic E-state index is 5.42. The van der Waals surface area contributed by atoms with Gasteiger partial charge in [-0.1, -0.05) is 35.5 Å². The van der Waals surface area contributed by atoms with Crippen molar-refractivity contribution in [2.75, 3.05) is 26.2 Å². The number of hydrogen-bond donors (Lipinski definition) is 0. The van der Waals surface area contributed by atoms with Crippen LogP contribution in [0.15, 0.2) is 34.9 Å². The molecule has 0 aliphatic carbocycles. The molecule has 3 heterocycles. The Morgan fingerprint density at radius 3 is 2.95 bits per heavy atom. The molecule has 2 saturated heterocycles. The first kappa shape index (κ1) is 13.0. The van der Waals surface area contributed by atoms with Crippen LogP contribution < -0.4 is 0 Å². The van der Waals surface area contributed by atoms with Crippen molar-refractivity contribution in [3.8, 4) is 11.4 Å². The first-order valence-corrected chi connectivity index (χ1v) is 7.73. The molecule has 110 valence electrons. The van der Waals surface area contributed by atoms with Crippen LogP contribution in [0.1, 0.15) is 18.7 Å². The Kier molecular flexibility index (Phi) is 3.45. The molecule has 1 aromatic heterocycles. The lowest BCUT2D eigenvalue weighted by Crippen LogP contribution is -2.49. The van der Waals surface area contributed by atoms with Gasteiger partial charge in [-0.25, -0.2) is 0 Å². The van der Waals surface area contributed by atoms with E-state index in [4.69, 9.17) is 4.52 Å². The Bertz CT molecular complexity index is 597. The third-order valence-electron chi connectivity index (χ3n) is 4.53.